The molecular formula is C20H19N5O. The molecule has 6 nitrogen and oxygen atoms in total. The summed E-state index contributed by atoms with van der Waals surface area (Å²) in [5, 5.41) is 3.14. The third kappa shape index (κ3) is 2.79. The number of nitrogens with zero attached hydrogens (tertiary/aromatic N) is 4. The minimum absolute atomic E-state index is 0.0316. The third-order valence-corrected chi connectivity index (χ3v) is 4.58. The van der Waals surface area contributed by atoms with Crippen molar-refractivity contribution in [2.24, 2.45) is 0 Å². The lowest BCUT2D eigenvalue weighted by Gasteiger charge is -2.19. The van der Waals surface area contributed by atoms with Crippen molar-refractivity contribution in [3.63, 3.8) is 0 Å². The number of rotatable bonds is 4. The summed E-state index contributed by atoms with van der Waals surface area (Å²) in [5.41, 5.74) is 2.06. The highest BCUT2D eigenvalue weighted by atomic mass is 16.2. The Morgan fingerprint density at radius 1 is 1.08 bits per heavy atom. The predicted octanol–water partition coefficient (Wildman–Crippen LogP) is 3.44. The van der Waals surface area contributed by atoms with Gasteiger partial charge in [-0.05, 0) is 31.5 Å². The lowest BCUT2D eigenvalue weighted by atomic mass is 9.88. The van der Waals surface area contributed by atoms with Crippen molar-refractivity contribution in [2.45, 2.75) is 25.8 Å². The number of hydrogen-bond donors (Lipinski definition) is 1. The van der Waals surface area contributed by atoms with Crippen molar-refractivity contribution >= 4 is 23.4 Å². The van der Waals surface area contributed by atoms with Gasteiger partial charge < -0.3 is 5.32 Å². The average Bonchev–Trinajstić information content (AvgIpc) is 2.84. The molecule has 0 spiro atoms. The standard InChI is InChI=1S/C20H19N5O/c1-20(2)16-12-22-19(23-15-9-6-10-21-11-15)24-17(16)25(18(20)26)13-14-7-4-3-5-8-14/h3-12H,13H2,1-2H3,(H,22,23,24). The maximum atomic E-state index is 13.0. The van der Waals surface area contributed by atoms with Crippen LogP contribution in [0.3, 0.4) is 0 Å². The Bertz CT molecular complexity index is 941. The van der Waals surface area contributed by atoms with Crippen LogP contribution in [0.1, 0.15) is 25.0 Å². The van der Waals surface area contributed by atoms with Gasteiger partial charge in [0.1, 0.15) is 5.82 Å². The van der Waals surface area contributed by atoms with E-state index in [1.54, 1.807) is 23.5 Å². The third-order valence-electron chi connectivity index (χ3n) is 4.58. The summed E-state index contributed by atoms with van der Waals surface area (Å²) in [7, 11) is 0. The molecule has 0 radical (unpaired) electrons. The first-order valence-corrected chi connectivity index (χ1v) is 8.46. The highest BCUT2D eigenvalue weighted by Gasteiger charge is 2.45. The Balaban J connectivity index is 1.70. The molecule has 1 aromatic carbocycles. The first kappa shape index (κ1) is 16.2. The molecule has 0 atom stereocenters. The molecule has 0 aliphatic carbocycles. The van der Waals surface area contributed by atoms with E-state index in [9.17, 15) is 4.79 Å². The van der Waals surface area contributed by atoms with Crippen molar-refractivity contribution in [1.29, 1.82) is 0 Å². The fourth-order valence-corrected chi connectivity index (χ4v) is 3.11. The summed E-state index contributed by atoms with van der Waals surface area (Å²) in [6, 6.07) is 13.6. The summed E-state index contributed by atoms with van der Waals surface area (Å²) in [5.74, 6) is 1.13. The quantitative estimate of drug-likeness (QED) is 0.784. The average molecular weight is 345 g/mol. The molecule has 3 heterocycles. The summed E-state index contributed by atoms with van der Waals surface area (Å²) < 4.78 is 0. The molecule has 2 aromatic heterocycles. The Morgan fingerprint density at radius 3 is 2.62 bits per heavy atom. The minimum Gasteiger partial charge on any atom is -0.323 e. The van der Waals surface area contributed by atoms with Crippen LogP contribution in [0.25, 0.3) is 0 Å². The predicted molar refractivity (Wildman–Crippen MR) is 100 cm³/mol. The topological polar surface area (TPSA) is 71.0 Å². The molecule has 0 unspecified atom stereocenters. The maximum Gasteiger partial charge on any atom is 0.238 e. The van der Waals surface area contributed by atoms with Crippen LogP contribution in [0.4, 0.5) is 17.5 Å². The minimum atomic E-state index is -0.642. The van der Waals surface area contributed by atoms with Crippen LogP contribution in [0, 0.1) is 0 Å². The van der Waals surface area contributed by atoms with Crippen LogP contribution in [0.5, 0.6) is 0 Å². The fourth-order valence-electron chi connectivity index (χ4n) is 3.11. The van der Waals surface area contributed by atoms with Crippen LogP contribution < -0.4 is 10.2 Å². The molecule has 4 rings (SSSR count). The Morgan fingerprint density at radius 2 is 1.88 bits per heavy atom. The number of carbonyl (C=O) groups is 1. The van der Waals surface area contributed by atoms with E-state index in [2.05, 4.69) is 20.3 Å². The van der Waals surface area contributed by atoms with Gasteiger partial charge in [0.05, 0.1) is 23.8 Å². The Kier molecular flexibility index (Phi) is 3.88. The smallest absolute Gasteiger partial charge is 0.238 e. The number of anilines is 3. The Hall–Kier alpha value is -3.28. The van der Waals surface area contributed by atoms with E-state index in [-0.39, 0.29) is 5.91 Å². The maximum absolute atomic E-state index is 13.0. The van der Waals surface area contributed by atoms with Crippen molar-refractivity contribution < 1.29 is 4.79 Å². The normalized spacial score (nSPS) is 15.0. The molecule has 1 aliphatic rings. The monoisotopic (exact) mass is 345 g/mol. The van der Waals surface area contributed by atoms with Gasteiger partial charge in [0.25, 0.3) is 0 Å². The van der Waals surface area contributed by atoms with E-state index in [0.717, 1.165) is 16.8 Å². The molecule has 0 saturated heterocycles. The number of amides is 1. The van der Waals surface area contributed by atoms with Gasteiger partial charge in [-0.15, -0.1) is 0 Å². The van der Waals surface area contributed by atoms with Crippen molar-refractivity contribution in [3.8, 4) is 0 Å². The van der Waals surface area contributed by atoms with Gasteiger partial charge in [-0.2, -0.15) is 4.98 Å². The Labute approximate surface area is 151 Å². The molecule has 0 bridgehead atoms. The summed E-state index contributed by atoms with van der Waals surface area (Å²) >= 11 is 0. The molecule has 1 N–H and O–H groups in total. The number of benzene rings is 1. The molecule has 130 valence electrons. The zero-order valence-corrected chi connectivity index (χ0v) is 14.7. The lowest BCUT2D eigenvalue weighted by Crippen LogP contribution is -2.35. The highest BCUT2D eigenvalue weighted by molar-refractivity contribution is 6.06. The van der Waals surface area contributed by atoms with Crippen molar-refractivity contribution in [1.82, 2.24) is 15.0 Å². The van der Waals surface area contributed by atoms with Gasteiger partial charge in [0, 0.05) is 18.0 Å². The molecule has 6 heteroatoms. The van der Waals surface area contributed by atoms with Gasteiger partial charge in [0.15, 0.2) is 0 Å². The molecule has 3 aromatic rings. The van der Waals surface area contributed by atoms with E-state index >= 15 is 0 Å². The summed E-state index contributed by atoms with van der Waals surface area (Å²) in [6.07, 6.45) is 5.15. The zero-order chi connectivity index (χ0) is 18.1. The van der Waals surface area contributed by atoms with E-state index in [4.69, 9.17) is 0 Å². The largest absolute Gasteiger partial charge is 0.323 e. The summed E-state index contributed by atoms with van der Waals surface area (Å²) in [6.45, 7) is 4.31. The summed E-state index contributed by atoms with van der Waals surface area (Å²) in [4.78, 5) is 27.8. The van der Waals surface area contributed by atoms with Crippen molar-refractivity contribution in [3.05, 3.63) is 72.2 Å². The van der Waals surface area contributed by atoms with Gasteiger partial charge in [-0.3, -0.25) is 14.7 Å². The first-order chi connectivity index (χ1) is 12.6. The number of aromatic nitrogens is 3. The van der Waals surface area contributed by atoms with E-state index in [1.807, 2.05) is 56.3 Å². The SMILES string of the molecule is CC1(C)C(=O)N(Cc2ccccc2)c2nc(Nc3cccnc3)ncc21. The molecule has 1 amide bonds. The van der Waals surface area contributed by atoms with Gasteiger partial charge in [-0.1, -0.05) is 30.3 Å². The zero-order valence-electron chi connectivity index (χ0n) is 14.7. The number of pyridine rings is 1. The second-order valence-corrected chi connectivity index (χ2v) is 6.80. The molecular weight excluding hydrogens is 326 g/mol. The van der Waals surface area contributed by atoms with Crippen molar-refractivity contribution in [2.75, 3.05) is 10.2 Å². The second kappa shape index (κ2) is 6.22. The highest BCUT2D eigenvalue weighted by Crippen LogP contribution is 2.41. The van der Waals surface area contributed by atoms with Crippen LogP contribution in [-0.2, 0) is 16.8 Å². The fraction of sp³-hybridized carbons (Fsp3) is 0.200. The second-order valence-electron chi connectivity index (χ2n) is 6.80. The van der Waals surface area contributed by atoms with Gasteiger partial charge in [-0.25, -0.2) is 4.98 Å². The van der Waals surface area contributed by atoms with E-state index < -0.39 is 5.41 Å². The van der Waals surface area contributed by atoms with Crippen LogP contribution in [-0.4, -0.2) is 20.9 Å². The number of fused-ring (bicyclic) bond motifs is 1. The van der Waals surface area contributed by atoms with Gasteiger partial charge in [0.2, 0.25) is 11.9 Å². The van der Waals surface area contributed by atoms with Gasteiger partial charge >= 0.3 is 0 Å². The van der Waals surface area contributed by atoms with Crippen LogP contribution >= 0.6 is 0 Å². The van der Waals surface area contributed by atoms with E-state index in [0.29, 0.717) is 18.3 Å². The number of carbonyl (C=O) groups excluding carboxylic acids is 1. The molecule has 1 aliphatic heterocycles. The lowest BCUT2D eigenvalue weighted by molar-refractivity contribution is -0.122. The van der Waals surface area contributed by atoms with Crippen LogP contribution in [0.15, 0.2) is 61.1 Å². The molecule has 0 fully saturated rings. The number of hydrogen-bond acceptors (Lipinski definition) is 5. The van der Waals surface area contributed by atoms with Crippen LogP contribution in [0.2, 0.25) is 0 Å². The molecule has 26 heavy (non-hydrogen) atoms. The molecule has 0 saturated carbocycles. The number of nitrogens with one attached hydrogen (secondary N) is 1. The van der Waals surface area contributed by atoms with E-state index in [1.165, 1.54) is 0 Å². The first-order valence-electron chi connectivity index (χ1n) is 8.46.